The molecule has 0 spiro atoms. The lowest BCUT2D eigenvalue weighted by Crippen LogP contribution is -2.28. The zero-order valence-electron chi connectivity index (χ0n) is 11.7. The number of hydrogen-bond donors (Lipinski definition) is 1. The third-order valence-electron chi connectivity index (χ3n) is 3.14. The second-order valence-electron chi connectivity index (χ2n) is 4.79. The quantitative estimate of drug-likeness (QED) is 0.465. The van der Waals surface area contributed by atoms with Crippen molar-refractivity contribution < 1.29 is 19.2 Å². The smallest absolute Gasteiger partial charge is 0.307 e. The minimum atomic E-state index is -0.520. The van der Waals surface area contributed by atoms with Gasteiger partial charge in [-0.25, -0.2) is 0 Å². The Bertz CT molecular complexity index is 562. The maximum absolute atomic E-state index is 12.1. The Morgan fingerprint density at radius 1 is 1.52 bits per heavy atom. The maximum atomic E-state index is 12.1. The van der Waals surface area contributed by atoms with Crippen LogP contribution >= 0.6 is 0 Å². The van der Waals surface area contributed by atoms with Gasteiger partial charge in [0.15, 0.2) is 0 Å². The molecule has 1 N–H and O–H groups in total. The first-order valence-electron chi connectivity index (χ1n) is 6.83. The fourth-order valence-corrected chi connectivity index (χ4v) is 2.00. The van der Waals surface area contributed by atoms with Crippen LogP contribution in [-0.2, 0) is 9.53 Å². The van der Waals surface area contributed by atoms with Gasteiger partial charge < -0.3 is 14.6 Å². The van der Waals surface area contributed by atoms with Gasteiger partial charge >= 0.3 is 5.97 Å². The van der Waals surface area contributed by atoms with Crippen molar-refractivity contribution in [1.82, 2.24) is 9.88 Å². The number of nitrogens with zero attached hydrogens (tertiary/aromatic N) is 2. The van der Waals surface area contributed by atoms with Crippen LogP contribution in [0.15, 0.2) is 12.3 Å². The van der Waals surface area contributed by atoms with Gasteiger partial charge in [0, 0.05) is 18.7 Å². The summed E-state index contributed by atoms with van der Waals surface area (Å²) in [5.74, 6) is -0.805. The molecule has 0 bridgehead atoms. The van der Waals surface area contributed by atoms with E-state index in [1.165, 1.54) is 12.3 Å². The van der Waals surface area contributed by atoms with Crippen LogP contribution in [0.25, 0.3) is 0 Å². The highest BCUT2D eigenvalue weighted by Gasteiger charge is 2.30. The van der Waals surface area contributed by atoms with Gasteiger partial charge in [0.2, 0.25) is 0 Å². The number of ether oxygens (including phenoxy) is 1. The lowest BCUT2D eigenvalue weighted by Gasteiger charge is -2.07. The van der Waals surface area contributed by atoms with Crippen LogP contribution in [0.3, 0.4) is 0 Å². The molecule has 21 heavy (non-hydrogen) atoms. The second-order valence-corrected chi connectivity index (χ2v) is 4.79. The van der Waals surface area contributed by atoms with Crippen molar-refractivity contribution in [3.8, 4) is 0 Å². The molecule has 1 aliphatic carbocycles. The molecule has 0 radical (unpaired) electrons. The number of hydrogen-bond acceptors (Lipinski definition) is 5. The molecule has 1 aromatic heterocycles. The zero-order valence-corrected chi connectivity index (χ0v) is 11.7. The summed E-state index contributed by atoms with van der Waals surface area (Å²) in [7, 11) is 0. The third kappa shape index (κ3) is 3.80. The molecule has 0 aliphatic heterocycles. The summed E-state index contributed by atoms with van der Waals surface area (Å²) < 4.78 is 6.39. The Morgan fingerprint density at radius 3 is 2.81 bits per heavy atom. The van der Waals surface area contributed by atoms with Gasteiger partial charge in [-0.1, -0.05) is 0 Å². The molecule has 0 aromatic carbocycles. The monoisotopic (exact) mass is 295 g/mol. The average molecular weight is 295 g/mol. The summed E-state index contributed by atoms with van der Waals surface area (Å²) in [6, 6.07) is 1.42. The van der Waals surface area contributed by atoms with Gasteiger partial charge in [-0.3, -0.25) is 19.7 Å². The summed E-state index contributed by atoms with van der Waals surface area (Å²) in [5, 5.41) is 13.4. The molecule has 8 nitrogen and oxygen atoms in total. The van der Waals surface area contributed by atoms with Gasteiger partial charge in [0.25, 0.3) is 11.6 Å². The predicted octanol–water partition coefficient (Wildman–Crippen LogP) is 1.41. The van der Waals surface area contributed by atoms with Crippen LogP contribution in [0.5, 0.6) is 0 Å². The lowest BCUT2D eigenvalue weighted by atomic mass is 10.3. The number of esters is 1. The number of carbonyl (C=O) groups is 2. The van der Waals surface area contributed by atoms with Gasteiger partial charge in [-0.15, -0.1) is 0 Å². The van der Waals surface area contributed by atoms with E-state index < -0.39 is 10.8 Å². The van der Waals surface area contributed by atoms with Crippen LogP contribution in [0.2, 0.25) is 0 Å². The van der Waals surface area contributed by atoms with E-state index in [4.69, 9.17) is 4.74 Å². The van der Waals surface area contributed by atoms with Gasteiger partial charge in [0.1, 0.15) is 5.69 Å². The first-order chi connectivity index (χ1) is 10.0. The van der Waals surface area contributed by atoms with Crippen molar-refractivity contribution in [3.05, 3.63) is 28.1 Å². The summed E-state index contributed by atoms with van der Waals surface area (Å²) >= 11 is 0. The SMILES string of the molecule is CCOC(=O)CCNC(=O)c1cc([N+](=O)[O-])cn1C1CC1. The van der Waals surface area contributed by atoms with Gasteiger partial charge in [0.05, 0.1) is 24.1 Å². The fourth-order valence-electron chi connectivity index (χ4n) is 2.00. The Morgan fingerprint density at radius 2 is 2.24 bits per heavy atom. The molecule has 1 aromatic rings. The normalized spacial score (nSPS) is 13.8. The Balaban J connectivity index is 1.98. The molecule has 1 aliphatic rings. The highest BCUT2D eigenvalue weighted by molar-refractivity contribution is 5.93. The number of aromatic nitrogens is 1. The molecule has 8 heteroatoms. The van der Waals surface area contributed by atoms with E-state index in [2.05, 4.69) is 5.32 Å². The standard InChI is InChI=1S/C13H17N3O5/c1-2-21-12(17)5-6-14-13(18)11-7-10(16(19)20)8-15(11)9-3-4-9/h7-9H,2-6H2,1H3,(H,14,18). The van der Waals surface area contributed by atoms with Crippen molar-refractivity contribution in [2.24, 2.45) is 0 Å². The average Bonchev–Trinajstić information content (AvgIpc) is 3.17. The van der Waals surface area contributed by atoms with Crippen molar-refractivity contribution in [1.29, 1.82) is 0 Å². The molecule has 1 heterocycles. The Kier molecular flexibility index (Phi) is 4.56. The van der Waals surface area contributed by atoms with E-state index >= 15 is 0 Å². The largest absolute Gasteiger partial charge is 0.466 e. The van der Waals surface area contributed by atoms with E-state index in [9.17, 15) is 19.7 Å². The Labute approximate surface area is 121 Å². The van der Waals surface area contributed by atoms with Crippen molar-refractivity contribution in [2.75, 3.05) is 13.2 Å². The van der Waals surface area contributed by atoms with E-state index in [-0.39, 0.29) is 36.4 Å². The number of nitrogens with one attached hydrogen (secondary N) is 1. The van der Waals surface area contributed by atoms with Crippen LogP contribution in [0, 0.1) is 10.1 Å². The van der Waals surface area contributed by atoms with E-state index in [0.717, 1.165) is 12.8 Å². The molecule has 114 valence electrons. The summed E-state index contributed by atoms with van der Waals surface area (Å²) in [6.07, 6.45) is 3.29. The lowest BCUT2D eigenvalue weighted by molar-refractivity contribution is -0.384. The number of carbonyl (C=O) groups excluding carboxylic acids is 2. The molecule has 0 unspecified atom stereocenters. The topological polar surface area (TPSA) is 103 Å². The summed E-state index contributed by atoms with van der Waals surface area (Å²) in [6.45, 7) is 2.14. The number of rotatable bonds is 7. The van der Waals surface area contributed by atoms with Crippen molar-refractivity contribution in [3.63, 3.8) is 0 Å². The molecule has 1 amide bonds. The van der Waals surface area contributed by atoms with Crippen LogP contribution in [0.4, 0.5) is 5.69 Å². The highest BCUT2D eigenvalue weighted by atomic mass is 16.6. The van der Waals surface area contributed by atoms with Crippen LogP contribution in [0.1, 0.15) is 42.7 Å². The van der Waals surface area contributed by atoms with Crippen LogP contribution in [-0.4, -0.2) is 34.5 Å². The maximum Gasteiger partial charge on any atom is 0.307 e. The first-order valence-corrected chi connectivity index (χ1v) is 6.83. The van der Waals surface area contributed by atoms with Gasteiger partial charge in [-0.05, 0) is 19.8 Å². The summed E-state index contributed by atoms with van der Waals surface area (Å²) in [4.78, 5) is 33.5. The minimum Gasteiger partial charge on any atom is -0.466 e. The minimum absolute atomic E-state index is 0.0752. The van der Waals surface area contributed by atoms with E-state index in [0.29, 0.717) is 6.61 Å². The second kappa shape index (κ2) is 6.38. The van der Waals surface area contributed by atoms with Gasteiger partial charge in [-0.2, -0.15) is 0 Å². The van der Waals surface area contributed by atoms with E-state index in [1.807, 2.05) is 0 Å². The zero-order chi connectivity index (χ0) is 15.4. The Hall–Kier alpha value is -2.38. The predicted molar refractivity (Wildman–Crippen MR) is 72.9 cm³/mol. The number of amides is 1. The third-order valence-corrected chi connectivity index (χ3v) is 3.14. The van der Waals surface area contributed by atoms with Crippen LogP contribution < -0.4 is 5.32 Å². The molecular weight excluding hydrogens is 278 g/mol. The number of nitro groups is 1. The first kappa shape index (κ1) is 15.0. The highest BCUT2D eigenvalue weighted by Crippen LogP contribution is 2.37. The molecule has 2 rings (SSSR count). The molecule has 0 atom stereocenters. The summed E-state index contributed by atoms with van der Waals surface area (Å²) in [5.41, 5.74) is 0.158. The van der Waals surface area contributed by atoms with E-state index in [1.54, 1.807) is 11.5 Å². The van der Waals surface area contributed by atoms with Crippen molar-refractivity contribution in [2.45, 2.75) is 32.2 Å². The fraction of sp³-hybridized carbons (Fsp3) is 0.538. The molecular formula is C13H17N3O5. The molecule has 0 saturated heterocycles. The molecule has 1 fully saturated rings. The molecule has 1 saturated carbocycles. The van der Waals surface area contributed by atoms with Crippen molar-refractivity contribution >= 4 is 17.6 Å².